The molecule has 1 aromatic carbocycles. The van der Waals surface area contributed by atoms with E-state index in [1.165, 1.54) is 13.1 Å². The van der Waals surface area contributed by atoms with Crippen LogP contribution < -0.4 is 10.6 Å². The fourth-order valence-corrected chi connectivity index (χ4v) is 1.81. The number of ether oxygens (including phenoxy) is 1. The van der Waals surface area contributed by atoms with Crippen LogP contribution in [0.15, 0.2) is 24.3 Å². The fraction of sp³-hybridized carbons (Fsp3) is 0.438. The summed E-state index contributed by atoms with van der Waals surface area (Å²) in [6.07, 6.45) is 2.79. The molecule has 0 aliphatic carbocycles. The molecule has 7 nitrogen and oxygen atoms in total. The molecule has 7 heteroatoms. The van der Waals surface area contributed by atoms with E-state index in [-0.39, 0.29) is 11.8 Å². The van der Waals surface area contributed by atoms with Gasteiger partial charge in [0.25, 0.3) is 12.1 Å². The minimum Gasteiger partial charge on any atom is -0.381 e. The molecule has 0 saturated heterocycles. The molecule has 1 rings (SSSR count). The van der Waals surface area contributed by atoms with Gasteiger partial charge in [0, 0.05) is 38.8 Å². The van der Waals surface area contributed by atoms with Gasteiger partial charge in [0.1, 0.15) is 0 Å². The van der Waals surface area contributed by atoms with Gasteiger partial charge in [0.15, 0.2) is 0 Å². The Kier molecular flexibility index (Phi) is 8.97. The minimum atomic E-state index is -0.150. The van der Waals surface area contributed by atoms with Crippen LogP contribution in [0.1, 0.15) is 35.7 Å². The lowest BCUT2D eigenvalue weighted by atomic mass is 10.1. The minimum absolute atomic E-state index is 0.0376. The highest BCUT2D eigenvalue weighted by Gasteiger charge is 2.04. The number of carbonyl (C=O) groups excluding carboxylic acids is 2. The maximum Gasteiger partial charge on any atom is 0.287 e. The molecule has 23 heavy (non-hydrogen) atoms. The van der Waals surface area contributed by atoms with Crippen molar-refractivity contribution in [1.82, 2.24) is 10.6 Å². The summed E-state index contributed by atoms with van der Waals surface area (Å²) in [7, 11) is 0. The van der Waals surface area contributed by atoms with E-state index in [9.17, 15) is 9.59 Å². The predicted molar refractivity (Wildman–Crippen MR) is 86.3 cm³/mol. The van der Waals surface area contributed by atoms with Gasteiger partial charge in [-0.05, 0) is 37.1 Å². The maximum absolute atomic E-state index is 11.9. The Labute approximate surface area is 135 Å². The summed E-state index contributed by atoms with van der Waals surface area (Å²) in [5.74, 6) is -0.187. The van der Waals surface area contributed by atoms with Gasteiger partial charge in [-0.1, -0.05) is 0 Å². The van der Waals surface area contributed by atoms with E-state index in [4.69, 9.17) is 10.3 Å². The summed E-state index contributed by atoms with van der Waals surface area (Å²) in [4.78, 5) is 25.4. The smallest absolute Gasteiger partial charge is 0.287 e. The largest absolute Gasteiger partial charge is 0.381 e. The molecule has 0 saturated carbocycles. The lowest BCUT2D eigenvalue weighted by Crippen LogP contribution is -2.25. The molecule has 0 fully saturated rings. The molecule has 2 amide bonds. The Morgan fingerprint density at radius 2 is 1.74 bits per heavy atom. The van der Waals surface area contributed by atoms with Crippen molar-refractivity contribution in [3.8, 4) is 0 Å². The van der Waals surface area contributed by atoms with Crippen molar-refractivity contribution in [1.29, 1.82) is 0 Å². The molecular formula is C16H22N4O3. The molecule has 0 atom stereocenters. The monoisotopic (exact) mass is 318 g/mol. The first-order valence-corrected chi connectivity index (χ1v) is 7.51. The van der Waals surface area contributed by atoms with Crippen LogP contribution in [-0.4, -0.2) is 49.1 Å². The maximum atomic E-state index is 11.9. The van der Waals surface area contributed by atoms with Crippen LogP contribution in [0.2, 0.25) is 0 Å². The van der Waals surface area contributed by atoms with Gasteiger partial charge in [-0.3, -0.25) is 9.59 Å². The van der Waals surface area contributed by atoms with Crippen LogP contribution in [0.4, 0.5) is 0 Å². The van der Waals surface area contributed by atoms with Crippen molar-refractivity contribution in [2.75, 3.05) is 26.3 Å². The zero-order chi connectivity index (χ0) is 16.9. The summed E-state index contributed by atoms with van der Waals surface area (Å²) in [6, 6.07) is 6.75. The second-order valence-corrected chi connectivity index (χ2v) is 4.92. The van der Waals surface area contributed by atoms with E-state index in [0.29, 0.717) is 31.9 Å². The van der Waals surface area contributed by atoms with Gasteiger partial charge in [-0.25, -0.2) is 0 Å². The molecule has 0 aliphatic heterocycles. The van der Waals surface area contributed by atoms with Crippen LogP contribution in [-0.2, 0) is 9.53 Å². The Morgan fingerprint density at radius 3 is 2.30 bits per heavy atom. The number of benzene rings is 1. The van der Waals surface area contributed by atoms with Gasteiger partial charge in [0.05, 0.1) is 5.56 Å². The van der Waals surface area contributed by atoms with Crippen LogP contribution in [0, 0.1) is 0 Å². The van der Waals surface area contributed by atoms with E-state index in [2.05, 4.69) is 15.4 Å². The number of hydrogen-bond acceptors (Lipinski definition) is 3. The standard InChI is InChI=1S/C16H22N4O3/c1-13(21)18-8-2-10-23-11-3-9-19-16(22)15-6-4-14(5-7-15)12-20-17/h4-7,12H,2-3,8-11H2,1H3,(H,18,21)(H,19,22). The molecule has 0 unspecified atom stereocenters. The highest BCUT2D eigenvalue weighted by atomic mass is 16.5. The highest BCUT2D eigenvalue weighted by molar-refractivity contribution is 5.94. The Bertz CT molecular complexity index is 551. The predicted octanol–water partition coefficient (Wildman–Crippen LogP) is 0.998. The Morgan fingerprint density at radius 1 is 1.13 bits per heavy atom. The van der Waals surface area contributed by atoms with Gasteiger partial charge >= 0.3 is 0 Å². The van der Waals surface area contributed by atoms with E-state index >= 15 is 0 Å². The summed E-state index contributed by atoms with van der Waals surface area (Å²) in [5.41, 5.74) is 9.69. The Hall–Kier alpha value is -2.50. The van der Waals surface area contributed by atoms with Gasteiger partial charge in [0.2, 0.25) is 5.91 Å². The molecular weight excluding hydrogens is 296 g/mol. The molecule has 0 radical (unpaired) electrons. The topological polar surface area (TPSA) is 104 Å². The third-order valence-corrected chi connectivity index (χ3v) is 2.97. The first kappa shape index (κ1) is 18.5. The van der Waals surface area contributed by atoms with Crippen molar-refractivity contribution in [3.63, 3.8) is 0 Å². The van der Waals surface area contributed by atoms with Crippen molar-refractivity contribution >= 4 is 18.0 Å². The Balaban J connectivity index is 2.10. The first-order chi connectivity index (χ1) is 11.1. The zero-order valence-electron chi connectivity index (χ0n) is 13.2. The summed E-state index contributed by atoms with van der Waals surface area (Å²) in [5, 5.41) is 5.50. The average molecular weight is 318 g/mol. The highest BCUT2D eigenvalue weighted by Crippen LogP contribution is 2.02. The number of hydrogen-bond donors (Lipinski definition) is 2. The average Bonchev–Trinajstić information content (AvgIpc) is 2.54. The third-order valence-electron chi connectivity index (χ3n) is 2.97. The van der Waals surface area contributed by atoms with Crippen molar-refractivity contribution in [2.45, 2.75) is 19.8 Å². The van der Waals surface area contributed by atoms with E-state index < -0.39 is 0 Å². The van der Waals surface area contributed by atoms with Gasteiger partial charge in [-0.2, -0.15) is 4.79 Å². The van der Waals surface area contributed by atoms with Gasteiger partial charge < -0.3 is 20.9 Å². The third kappa shape index (κ3) is 8.50. The molecule has 0 aromatic heterocycles. The molecule has 0 spiro atoms. The lowest BCUT2D eigenvalue weighted by Gasteiger charge is -2.07. The molecule has 0 heterocycles. The van der Waals surface area contributed by atoms with Crippen LogP contribution in [0.25, 0.3) is 5.53 Å². The van der Waals surface area contributed by atoms with Gasteiger partial charge in [-0.15, -0.1) is 0 Å². The number of nitrogens with one attached hydrogen (secondary N) is 2. The number of carbonyl (C=O) groups is 2. The molecule has 124 valence electrons. The first-order valence-electron chi connectivity index (χ1n) is 7.51. The fourth-order valence-electron chi connectivity index (χ4n) is 1.81. The van der Waals surface area contributed by atoms with Crippen molar-refractivity contribution in [2.24, 2.45) is 0 Å². The summed E-state index contributed by atoms with van der Waals surface area (Å²) in [6.45, 7) is 3.78. The van der Waals surface area contributed by atoms with E-state index in [1.807, 2.05) is 0 Å². The van der Waals surface area contributed by atoms with Crippen LogP contribution >= 0.6 is 0 Å². The molecule has 2 N–H and O–H groups in total. The van der Waals surface area contributed by atoms with E-state index in [1.54, 1.807) is 24.3 Å². The van der Waals surface area contributed by atoms with Crippen molar-refractivity contribution < 1.29 is 19.1 Å². The van der Waals surface area contributed by atoms with Crippen LogP contribution in [0.5, 0.6) is 0 Å². The summed E-state index contributed by atoms with van der Waals surface area (Å²) < 4.78 is 5.40. The van der Waals surface area contributed by atoms with Crippen LogP contribution in [0.3, 0.4) is 0 Å². The SMILES string of the molecule is CC(=O)NCCCOCCCNC(=O)c1ccc(C=[N+]=[N-])cc1. The van der Waals surface area contributed by atoms with E-state index in [0.717, 1.165) is 18.4 Å². The number of nitrogens with zero attached hydrogens (tertiary/aromatic N) is 2. The number of rotatable bonds is 10. The molecule has 0 bridgehead atoms. The molecule has 1 aromatic rings. The lowest BCUT2D eigenvalue weighted by molar-refractivity contribution is -0.119. The molecule has 0 aliphatic rings. The van der Waals surface area contributed by atoms with Crippen molar-refractivity contribution in [3.05, 3.63) is 40.9 Å². The second kappa shape index (κ2) is 11.1. The zero-order valence-corrected chi connectivity index (χ0v) is 13.2. The quantitative estimate of drug-likeness (QED) is 0.291. The second-order valence-electron chi connectivity index (χ2n) is 4.92. The number of amides is 2. The summed E-state index contributed by atoms with van der Waals surface area (Å²) >= 11 is 0. The normalized spacial score (nSPS) is 9.78.